The van der Waals surface area contributed by atoms with Crippen molar-refractivity contribution in [2.45, 2.75) is 0 Å². The second-order valence-electron chi connectivity index (χ2n) is 7.77. The molecule has 4 aromatic rings. The van der Waals surface area contributed by atoms with Gasteiger partial charge in [-0.15, -0.1) is 0 Å². The van der Waals surface area contributed by atoms with Crippen LogP contribution in [0, 0.1) is 5.82 Å². The molecule has 1 fully saturated rings. The summed E-state index contributed by atoms with van der Waals surface area (Å²) in [7, 11) is 0. The third-order valence-corrected chi connectivity index (χ3v) is 5.73. The predicted molar refractivity (Wildman–Crippen MR) is 117 cm³/mol. The van der Waals surface area contributed by atoms with E-state index in [1.165, 1.54) is 28.2 Å². The molecular weight excluding hydrogens is 479 g/mol. The molecule has 1 aliphatic rings. The largest absolute Gasteiger partial charge is 1.00 e. The van der Waals surface area contributed by atoms with Crippen LogP contribution in [0.25, 0.3) is 16.7 Å². The van der Waals surface area contributed by atoms with E-state index < -0.39 is 17.5 Å². The number of carbonyl (C=O) groups excluding carboxylic acids is 3. The maximum atomic E-state index is 14.7. The molecule has 3 N–H and O–H groups in total. The van der Waals surface area contributed by atoms with Gasteiger partial charge >= 0.3 is 0 Å². The summed E-state index contributed by atoms with van der Waals surface area (Å²) in [6.45, 7) is 0.984. The van der Waals surface area contributed by atoms with Gasteiger partial charge in [-0.1, -0.05) is 22.9 Å². The summed E-state index contributed by atoms with van der Waals surface area (Å²) in [4.78, 5) is 49.5. The van der Waals surface area contributed by atoms with E-state index in [4.69, 9.17) is 5.84 Å². The van der Waals surface area contributed by atoms with Crippen molar-refractivity contribution in [2.75, 3.05) is 32.0 Å². The quantitative estimate of drug-likeness (QED) is 0.134. The number of nitrogens with zero attached hydrogens (tertiary/aromatic N) is 6. The van der Waals surface area contributed by atoms with E-state index in [1.54, 1.807) is 29.2 Å². The number of pyridine rings is 1. The Kier molecular flexibility index (Phi) is 6.47. The van der Waals surface area contributed by atoms with Crippen molar-refractivity contribution in [3.63, 3.8) is 0 Å². The van der Waals surface area contributed by atoms with Gasteiger partial charge in [0.05, 0.1) is 17.1 Å². The van der Waals surface area contributed by atoms with E-state index in [1.807, 2.05) is 6.07 Å². The second-order valence-corrected chi connectivity index (χ2v) is 7.77. The van der Waals surface area contributed by atoms with Gasteiger partial charge in [0.25, 0.3) is 23.4 Å². The van der Waals surface area contributed by atoms with E-state index in [9.17, 15) is 18.8 Å². The van der Waals surface area contributed by atoms with Gasteiger partial charge in [0, 0.05) is 37.9 Å². The third-order valence-electron chi connectivity index (χ3n) is 5.73. The number of hydrogen-bond acceptors (Lipinski definition) is 6. The number of hydrogen-bond donors (Lipinski definition) is 2. The lowest BCUT2D eigenvalue weighted by molar-refractivity contribution is -0.701. The van der Waals surface area contributed by atoms with Gasteiger partial charge in [-0.05, 0) is 16.9 Å². The molecule has 0 bridgehead atoms. The number of benzene rings is 1. The number of nitrogens with two attached hydrogens (primary N) is 1. The van der Waals surface area contributed by atoms with Gasteiger partial charge in [0.1, 0.15) is 10.7 Å². The third kappa shape index (κ3) is 4.30. The number of rotatable bonds is 4. The molecule has 4 heterocycles. The first-order chi connectivity index (χ1) is 16.4. The number of fused-ring (bicyclic) bond motifs is 1. The molecule has 0 saturated carbocycles. The topological polar surface area (TPSA) is 134 Å². The lowest BCUT2D eigenvalue weighted by Gasteiger charge is -2.34. The number of halogens is 2. The molecule has 0 spiro atoms. The molecule has 3 aromatic heterocycles. The maximum Gasteiger partial charge on any atom is 0.295 e. The Bertz CT molecular complexity index is 1410. The van der Waals surface area contributed by atoms with E-state index in [0.717, 1.165) is 11.0 Å². The fourth-order valence-electron chi connectivity index (χ4n) is 4.00. The first-order valence-corrected chi connectivity index (χ1v) is 10.5. The molecule has 13 heteroatoms. The number of carbonyl (C=O) groups is 3. The molecule has 5 rings (SSSR count). The van der Waals surface area contributed by atoms with Crippen LogP contribution in [0.5, 0.6) is 0 Å². The molecular formula is C22H20ClFN8O3. The Morgan fingerprint density at radius 1 is 1.06 bits per heavy atom. The molecule has 1 saturated heterocycles. The van der Waals surface area contributed by atoms with Crippen molar-refractivity contribution < 1.29 is 36.0 Å². The number of nitrogen functional groups attached to an aromatic ring is 1. The lowest BCUT2D eigenvalue weighted by Crippen LogP contribution is -3.00. The SMILES string of the molecule is N[n+]1ccn(-c2ncc(F)c3c(C(=O)C(=O)N4CCN(C(=O)c5ccccc5)CC4)c[nH]c23)n1.[Cl-]. The molecule has 11 nitrogen and oxygen atoms in total. The fraction of sp³-hybridized carbons (Fsp3) is 0.182. The van der Waals surface area contributed by atoms with E-state index >= 15 is 0 Å². The average molecular weight is 499 g/mol. The molecule has 1 aromatic carbocycles. The first-order valence-electron chi connectivity index (χ1n) is 10.5. The minimum Gasteiger partial charge on any atom is -1.00 e. The summed E-state index contributed by atoms with van der Waals surface area (Å²) >= 11 is 0. The highest BCUT2D eigenvalue weighted by atomic mass is 35.5. The summed E-state index contributed by atoms with van der Waals surface area (Å²) in [5.74, 6) is 3.31. The van der Waals surface area contributed by atoms with Crippen LogP contribution in [0.2, 0.25) is 0 Å². The molecule has 0 radical (unpaired) electrons. The number of Topliss-reactive ketones (excluding diaryl/α,β-unsaturated/α-hetero) is 1. The number of ketones is 1. The summed E-state index contributed by atoms with van der Waals surface area (Å²) in [6, 6.07) is 8.86. The Hall–Kier alpha value is -4.32. The summed E-state index contributed by atoms with van der Waals surface area (Å²) in [6.07, 6.45) is 5.23. The van der Waals surface area contributed by atoms with Crippen LogP contribution in [0.4, 0.5) is 4.39 Å². The van der Waals surface area contributed by atoms with Gasteiger partial charge in [-0.25, -0.2) is 15.2 Å². The van der Waals surface area contributed by atoms with Crippen molar-refractivity contribution in [2.24, 2.45) is 0 Å². The van der Waals surface area contributed by atoms with Crippen molar-refractivity contribution in [1.29, 1.82) is 0 Å². The molecule has 2 amide bonds. The van der Waals surface area contributed by atoms with Gasteiger partial charge in [0.15, 0.2) is 18.2 Å². The van der Waals surface area contributed by atoms with Crippen molar-refractivity contribution in [1.82, 2.24) is 29.7 Å². The van der Waals surface area contributed by atoms with Crippen LogP contribution in [0.15, 0.2) is 55.1 Å². The van der Waals surface area contributed by atoms with Crippen LogP contribution in [0.1, 0.15) is 20.7 Å². The highest BCUT2D eigenvalue weighted by molar-refractivity contribution is 6.45. The van der Waals surface area contributed by atoms with Gasteiger partial charge in [-0.2, -0.15) is 0 Å². The van der Waals surface area contributed by atoms with Crippen molar-refractivity contribution in [3.8, 4) is 5.82 Å². The lowest BCUT2D eigenvalue weighted by atomic mass is 10.1. The van der Waals surface area contributed by atoms with Crippen LogP contribution in [-0.2, 0) is 4.79 Å². The Morgan fingerprint density at radius 2 is 1.74 bits per heavy atom. The number of aromatic amines is 1. The Balaban J connectivity index is 0.00000289. The molecule has 0 aliphatic carbocycles. The maximum absolute atomic E-state index is 14.7. The Labute approximate surface area is 204 Å². The number of nitrogens with one attached hydrogen (secondary N) is 1. The van der Waals surface area contributed by atoms with Gasteiger partial charge in [-0.3, -0.25) is 14.4 Å². The summed E-state index contributed by atoms with van der Waals surface area (Å²) < 4.78 is 16.0. The normalized spacial score (nSPS) is 13.5. The molecule has 0 unspecified atom stereocenters. The molecule has 180 valence electrons. The zero-order valence-electron chi connectivity index (χ0n) is 18.3. The minimum absolute atomic E-state index is 0. The predicted octanol–water partition coefficient (Wildman–Crippen LogP) is -2.94. The second kappa shape index (κ2) is 9.50. The number of aromatic nitrogens is 5. The Morgan fingerprint density at radius 3 is 2.40 bits per heavy atom. The minimum atomic E-state index is -0.848. The van der Waals surface area contributed by atoms with Crippen LogP contribution in [0.3, 0.4) is 0 Å². The summed E-state index contributed by atoms with van der Waals surface area (Å²) in [5, 5.41) is 3.93. The van der Waals surface area contributed by atoms with Gasteiger partial charge < -0.3 is 27.2 Å². The van der Waals surface area contributed by atoms with Crippen molar-refractivity contribution in [3.05, 3.63) is 72.1 Å². The van der Waals surface area contributed by atoms with Crippen LogP contribution in [-0.4, -0.2) is 73.4 Å². The number of amides is 2. The average Bonchev–Trinajstić information content (AvgIpc) is 3.51. The number of H-pyrrole nitrogens is 1. The molecule has 35 heavy (non-hydrogen) atoms. The van der Waals surface area contributed by atoms with Crippen LogP contribution < -0.4 is 23.0 Å². The smallest absolute Gasteiger partial charge is 0.295 e. The standard InChI is InChI=1S/C22H19FN8O3.ClH/c23-16-13-26-20(30-10-11-31(24)27-30)18-17(16)15(12-25-18)19(32)22(34)29-8-6-28(7-9-29)21(33)14-4-2-1-3-5-14;/h1-5,10-13H,6-9H2,(H2-,24,25,26,27,32);1H. The molecule has 0 atom stereocenters. The van der Waals surface area contributed by atoms with E-state index in [-0.39, 0.29) is 53.7 Å². The first kappa shape index (κ1) is 23.8. The summed E-state index contributed by atoms with van der Waals surface area (Å²) in [5.41, 5.74) is 0.671. The molecule has 1 aliphatic heterocycles. The van der Waals surface area contributed by atoms with Crippen LogP contribution >= 0.6 is 0 Å². The van der Waals surface area contributed by atoms with E-state index in [2.05, 4.69) is 15.2 Å². The monoisotopic (exact) mass is 498 g/mol. The van der Waals surface area contributed by atoms with E-state index in [0.29, 0.717) is 18.7 Å². The fourth-order valence-corrected chi connectivity index (χ4v) is 4.00. The highest BCUT2D eigenvalue weighted by Gasteiger charge is 2.31. The van der Waals surface area contributed by atoms with Crippen molar-refractivity contribution >= 4 is 28.5 Å². The number of piperazine rings is 1. The van der Waals surface area contributed by atoms with Gasteiger partial charge in [0.2, 0.25) is 0 Å². The zero-order valence-corrected chi connectivity index (χ0v) is 19.0. The highest BCUT2D eigenvalue weighted by Crippen LogP contribution is 2.26. The zero-order chi connectivity index (χ0) is 23.8.